The molecular formula is C24H22O. The van der Waals surface area contributed by atoms with Gasteiger partial charge in [0, 0.05) is 5.92 Å². The fraction of sp³-hybridized carbons (Fsp3) is 0.167. The van der Waals surface area contributed by atoms with E-state index < -0.39 is 6.10 Å². The van der Waals surface area contributed by atoms with Gasteiger partial charge in [0.2, 0.25) is 0 Å². The first-order chi connectivity index (χ1) is 12.3. The second-order valence-corrected chi connectivity index (χ2v) is 6.53. The van der Waals surface area contributed by atoms with Crippen LogP contribution in [0.15, 0.2) is 84.9 Å². The van der Waals surface area contributed by atoms with Crippen molar-refractivity contribution in [2.45, 2.75) is 25.4 Å². The predicted octanol–water partition coefficient (Wildman–Crippen LogP) is 5.51. The molecule has 1 nitrogen and oxygen atoms in total. The van der Waals surface area contributed by atoms with Crippen molar-refractivity contribution in [3.63, 3.8) is 0 Å². The molecule has 4 rings (SSSR count). The quantitative estimate of drug-likeness (QED) is 0.672. The number of benzene rings is 3. The van der Waals surface area contributed by atoms with Crippen LogP contribution in [0.5, 0.6) is 0 Å². The van der Waals surface area contributed by atoms with Gasteiger partial charge in [-0.2, -0.15) is 0 Å². The van der Waals surface area contributed by atoms with Gasteiger partial charge in [0.05, 0.1) is 6.10 Å². The number of rotatable bonds is 3. The molecule has 25 heavy (non-hydrogen) atoms. The van der Waals surface area contributed by atoms with Gasteiger partial charge in [0.15, 0.2) is 0 Å². The van der Waals surface area contributed by atoms with Crippen LogP contribution in [-0.4, -0.2) is 11.2 Å². The van der Waals surface area contributed by atoms with Crippen molar-refractivity contribution in [1.29, 1.82) is 0 Å². The molecule has 1 aliphatic carbocycles. The SMILES string of the molecule is CC/C(=C1/c2ccccc2C(c2ccccc2)C1O)c1ccccc1. The minimum Gasteiger partial charge on any atom is -0.387 e. The molecule has 1 aliphatic rings. The zero-order chi connectivity index (χ0) is 17.2. The van der Waals surface area contributed by atoms with Gasteiger partial charge in [-0.05, 0) is 39.8 Å². The molecule has 0 saturated carbocycles. The van der Waals surface area contributed by atoms with Crippen LogP contribution in [0.1, 0.15) is 41.5 Å². The van der Waals surface area contributed by atoms with E-state index in [4.69, 9.17) is 0 Å². The molecule has 3 aromatic rings. The molecule has 124 valence electrons. The Morgan fingerprint density at radius 2 is 1.40 bits per heavy atom. The molecule has 0 amide bonds. The highest BCUT2D eigenvalue weighted by Crippen LogP contribution is 2.48. The van der Waals surface area contributed by atoms with Crippen LogP contribution in [0.25, 0.3) is 11.1 Å². The summed E-state index contributed by atoms with van der Waals surface area (Å²) in [6.07, 6.45) is 0.377. The van der Waals surface area contributed by atoms with Crippen LogP contribution in [0.2, 0.25) is 0 Å². The van der Waals surface area contributed by atoms with Crippen LogP contribution in [-0.2, 0) is 0 Å². The van der Waals surface area contributed by atoms with Gasteiger partial charge in [0.1, 0.15) is 0 Å². The smallest absolute Gasteiger partial charge is 0.0908 e. The topological polar surface area (TPSA) is 20.2 Å². The van der Waals surface area contributed by atoms with Crippen molar-refractivity contribution in [3.8, 4) is 0 Å². The van der Waals surface area contributed by atoms with E-state index in [2.05, 4.69) is 67.6 Å². The third kappa shape index (κ3) is 2.71. The maximum Gasteiger partial charge on any atom is 0.0908 e. The van der Waals surface area contributed by atoms with Gasteiger partial charge in [0.25, 0.3) is 0 Å². The molecule has 0 aromatic heterocycles. The molecule has 0 spiro atoms. The first-order valence-corrected chi connectivity index (χ1v) is 8.92. The first-order valence-electron chi connectivity index (χ1n) is 8.92. The van der Waals surface area contributed by atoms with Gasteiger partial charge in [-0.1, -0.05) is 91.9 Å². The minimum atomic E-state index is -0.519. The summed E-state index contributed by atoms with van der Waals surface area (Å²) in [5.74, 6) is -0.00216. The van der Waals surface area contributed by atoms with Crippen LogP contribution >= 0.6 is 0 Å². The average molecular weight is 326 g/mol. The lowest BCUT2D eigenvalue weighted by Gasteiger charge is -2.19. The van der Waals surface area contributed by atoms with Crippen molar-refractivity contribution in [3.05, 3.63) is 107 Å². The molecular weight excluding hydrogens is 304 g/mol. The molecule has 0 bridgehead atoms. The largest absolute Gasteiger partial charge is 0.387 e. The van der Waals surface area contributed by atoms with E-state index in [1.807, 2.05) is 24.3 Å². The molecule has 0 saturated heterocycles. The summed E-state index contributed by atoms with van der Waals surface area (Å²) in [7, 11) is 0. The Morgan fingerprint density at radius 3 is 2.08 bits per heavy atom. The molecule has 2 atom stereocenters. The van der Waals surface area contributed by atoms with Crippen LogP contribution in [0.4, 0.5) is 0 Å². The van der Waals surface area contributed by atoms with Crippen LogP contribution in [0, 0.1) is 0 Å². The van der Waals surface area contributed by atoms with Gasteiger partial charge >= 0.3 is 0 Å². The zero-order valence-corrected chi connectivity index (χ0v) is 14.4. The van der Waals surface area contributed by atoms with E-state index in [0.29, 0.717) is 0 Å². The third-order valence-corrected chi connectivity index (χ3v) is 5.16. The predicted molar refractivity (Wildman–Crippen MR) is 104 cm³/mol. The number of allylic oxidation sites excluding steroid dienone is 1. The highest BCUT2D eigenvalue weighted by Gasteiger charge is 2.37. The highest BCUT2D eigenvalue weighted by atomic mass is 16.3. The lowest BCUT2D eigenvalue weighted by Crippen LogP contribution is -2.15. The Labute approximate surface area is 149 Å². The molecule has 0 aliphatic heterocycles. The Morgan fingerprint density at radius 1 is 0.800 bits per heavy atom. The summed E-state index contributed by atoms with van der Waals surface area (Å²) >= 11 is 0. The number of aliphatic hydroxyl groups is 1. The molecule has 1 N–H and O–H groups in total. The number of fused-ring (bicyclic) bond motifs is 1. The van der Waals surface area contributed by atoms with E-state index in [-0.39, 0.29) is 5.92 Å². The Kier molecular flexibility index (Phi) is 4.25. The lowest BCUT2D eigenvalue weighted by atomic mass is 9.89. The Hall–Kier alpha value is -2.64. The standard InChI is InChI=1S/C24H22O/c1-2-19(17-11-5-3-6-12-17)23-21-16-10-9-15-20(21)22(24(23)25)18-13-7-4-8-14-18/h3-16,22,24-25H,2H2,1H3/b23-19+. The maximum absolute atomic E-state index is 11.3. The monoisotopic (exact) mass is 326 g/mol. The third-order valence-electron chi connectivity index (χ3n) is 5.16. The fourth-order valence-corrected chi connectivity index (χ4v) is 4.06. The second-order valence-electron chi connectivity index (χ2n) is 6.53. The fourth-order valence-electron chi connectivity index (χ4n) is 4.06. The van der Waals surface area contributed by atoms with E-state index in [9.17, 15) is 5.11 Å². The van der Waals surface area contributed by atoms with Crippen molar-refractivity contribution < 1.29 is 5.11 Å². The summed E-state index contributed by atoms with van der Waals surface area (Å²) in [6, 6.07) is 29.2. The Bertz CT molecular complexity index is 894. The lowest BCUT2D eigenvalue weighted by molar-refractivity contribution is 0.221. The number of aliphatic hydroxyl groups excluding tert-OH is 1. The van der Waals surface area contributed by atoms with E-state index in [1.165, 1.54) is 27.8 Å². The average Bonchev–Trinajstić information content (AvgIpc) is 2.96. The van der Waals surface area contributed by atoms with Crippen LogP contribution < -0.4 is 0 Å². The second kappa shape index (κ2) is 6.70. The Balaban J connectivity index is 1.94. The highest BCUT2D eigenvalue weighted by molar-refractivity contribution is 5.96. The summed E-state index contributed by atoms with van der Waals surface area (Å²) in [5.41, 5.74) is 7.09. The molecule has 1 heteroatoms. The molecule has 0 heterocycles. The van der Waals surface area contributed by atoms with Crippen molar-refractivity contribution in [2.24, 2.45) is 0 Å². The summed E-state index contributed by atoms with van der Waals surface area (Å²) in [4.78, 5) is 0. The van der Waals surface area contributed by atoms with Crippen molar-refractivity contribution in [2.75, 3.05) is 0 Å². The minimum absolute atomic E-state index is 0.00216. The van der Waals surface area contributed by atoms with E-state index in [0.717, 1.165) is 12.0 Å². The van der Waals surface area contributed by atoms with Crippen molar-refractivity contribution in [1.82, 2.24) is 0 Å². The zero-order valence-electron chi connectivity index (χ0n) is 14.4. The van der Waals surface area contributed by atoms with Gasteiger partial charge in [-0.25, -0.2) is 0 Å². The van der Waals surface area contributed by atoms with Gasteiger partial charge in [-0.15, -0.1) is 0 Å². The molecule has 0 fully saturated rings. The van der Waals surface area contributed by atoms with E-state index >= 15 is 0 Å². The molecule has 0 radical (unpaired) electrons. The summed E-state index contributed by atoms with van der Waals surface area (Å²) in [6.45, 7) is 2.17. The first kappa shape index (κ1) is 15.9. The van der Waals surface area contributed by atoms with Crippen molar-refractivity contribution >= 4 is 11.1 Å². The van der Waals surface area contributed by atoms with Gasteiger partial charge in [-0.3, -0.25) is 0 Å². The summed E-state index contributed by atoms with van der Waals surface area (Å²) in [5, 5.41) is 11.3. The normalized spacial score (nSPS) is 21.0. The van der Waals surface area contributed by atoms with E-state index in [1.54, 1.807) is 0 Å². The number of hydrogen-bond donors (Lipinski definition) is 1. The maximum atomic E-state index is 11.3. The summed E-state index contributed by atoms with van der Waals surface area (Å²) < 4.78 is 0. The molecule has 3 aromatic carbocycles. The molecule has 2 unspecified atom stereocenters. The van der Waals surface area contributed by atoms with Gasteiger partial charge < -0.3 is 5.11 Å². The number of hydrogen-bond acceptors (Lipinski definition) is 1. The van der Waals surface area contributed by atoms with Crippen LogP contribution in [0.3, 0.4) is 0 Å².